The van der Waals surface area contributed by atoms with E-state index in [1.807, 2.05) is 5.31 Å². The molecule has 0 aromatic carbocycles. The van der Waals surface area contributed by atoms with Gasteiger partial charge in [0, 0.05) is 52.7 Å². The Labute approximate surface area is 231 Å². The molecule has 0 aliphatic heterocycles. The van der Waals surface area contributed by atoms with Gasteiger partial charge >= 0.3 is 0 Å². The zero-order chi connectivity index (χ0) is 24.7. The molecule has 0 atom stereocenters. The third kappa shape index (κ3) is 6.89. The molecule has 0 amide bonds. The summed E-state index contributed by atoms with van der Waals surface area (Å²) in [5.41, 5.74) is 0. The summed E-state index contributed by atoms with van der Waals surface area (Å²) in [5.74, 6) is 0. The van der Waals surface area contributed by atoms with Crippen molar-refractivity contribution in [1.29, 1.82) is 0 Å². The van der Waals surface area contributed by atoms with Crippen LogP contribution in [0.15, 0.2) is 11.4 Å². The fraction of sp³-hybridized carbons (Fsp3) is 0.933. The summed E-state index contributed by atoms with van der Waals surface area (Å²) in [6.07, 6.45) is 32.1. The number of halogens is 1. The van der Waals surface area contributed by atoms with E-state index in [1.54, 1.807) is 0 Å². The molecule has 36 heavy (non-hydrogen) atoms. The Morgan fingerprint density at radius 1 is 0.556 bits per heavy atom. The summed E-state index contributed by atoms with van der Waals surface area (Å²) in [5, 5.41) is 4.58. The van der Waals surface area contributed by atoms with Crippen LogP contribution in [0.25, 0.3) is 0 Å². The van der Waals surface area contributed by atoms with E-state index in [2.05, 4.69) is 53.4 Å². The molecule has 0 aromatic rings. The van der Waals surface area contributed by atoms with Gasteiger partial charge in [0.25, 0.3) is 7.71 Å². The van der Waals surface area contributed by atoms with E-state index in [1.165, 1.54) is 135 Å². The number of hydrazine groups is 1. The molecule has 0 saturated heterocycles. The fourth-order valence-electron chi connectivity index (χ4n) is 7.92. The Bertz CT molecular complexity index is 631. The molecular weight excluding hydrogens is 483 g/mol. The number of hydrogen-bond acceptors (Lipinski definition) is 4. The lowest BCUT2D eigenvalue weighted by Crippen LogP contribution is -3.00. The van der Waals surface area contributed by atoms with Crippen LogP contribution in [0.5, 0.6) is 0 Å². The highest BCUT2D eigenvalue weighted by Crippen LogP contribution is 2.75. The van der Waals surface area contributed by atoms with Crippen LogP contribution in [0, 0.1) is 0 Å². The average molecular weight is 541 g/mol. The second kappa shape index (κ2) is 15.2. The first kappa shape index (κ1) is 30.8. The van der Waals surface area contributed by atoms with E-state index in [0.29, 0.717) is 6.04 Å². The smallest absolute Gasteiger partial charge is 0.271 e. The Morgan fingerprint density at radius 3 is 1.47 bits per heavy atom. The molecule has 0 aromatic heterocycles. The maximum atomic E-state index is 3.01. The van der Waals surface area contributed by atoms with Crippen molar-refractivity contribution in [1.82, 2.24) is 19.1 Å². The van der Waals surface area contributed by atoms with Crippen LogP contribution < -0.4 is 12.4 Å². The van der Waals surface area contributed by atoms with Crippen molar-refractivity contribution in [3.63, 3.8) is 0 Å². The molecule has 0 spiro atoms. The molecule has 4 aliphatic rings. The van der Waals surface area contributed by atoms with Gasteiger partial charge in [-0.05, 0) is 63.9 Å². The lowest BCUT2D eigenvalue weighted by Gasteiger charge is -2.53. The molecule has 4 rings (SSSR count). The molecule has 4 aliphatic carbocycles. The zero-order valence-corrected chi connectivity index (χ0v) is 25.9. The quantitative estimate of drug-likeness (QED) is 0.292. The second-order valence-corrected chi connectivity index (χ2v) is 15.9. The summed E-state index contributed by atoms with van der Waals surface area (Å²) in [6.45, 7) is 0. The van der Waals surface area contributed by atoms with E-state index in [9.17, 15) is 0 Å². The van der Waals surface area contributed by atoms with Crippen LogP contribution in [0.2, 0.25) is 0 Å². The average Bonchev–Trinajstić information content (AvgIpc) is 2.90. The minimum Gasteiger partial charge on any atom is -1.00 e. The molecule has 4 nitrogen and oxygen atoms in total. The Balaban J connectivity index is 0.00000361. The third-order valence-electron chi connectivity index (χ3n) is 10.2. The Kier molecular flexibility index (Phi) is 13.0. The monoisotopic (exact) mass is 540 g/mol. The van der Waals surface area contributed by atoms with Crippen molar-refractivity contribution in [2.45, 2.75) is 153 Å². The van der Waals surface area contributed by atoms with Gasteiger partial charge in [-0.1, -0.05) is 75.4 Å². The van der Waals surface area contributed by atoms with Gasteiger partial charge in [-0.15, -0.1) is 9.34 Å². The van der Waals surface area contributed by atoms with Crippen molar-refractivity contribution in [2.75, 3.05) is 28.2 Å². The van der Waals surface area contributed by atoms with Crippen LogP contribution in [-0.2, 0) is 0 Å². The molecule has 3 fully saturated rings. The first-order valence-electron chi connectivity index (χ1n) is 15.6. The van der Waals surface area contributed by atoms with E-state index in [-0.39, 0.29) is 12.4 Å². The highest BCUT2D eigenvalue weighted by Gasteiger charge is 2.61. The van der Waals surface area contributed by atoms with Crippen molar-refractivity contribution >= 4 is 7.71 Å². The summed E-state index contributed by atoms with van der Waals surface area (Å²) in [4.78, 5) is 0. The minimum atomic E-state index is -1.86. The molecule has 0 unspecified atom stereocenters. The predicted molar refractivity (Wildman–Crippen MR) is 154 cm³/mol. The predicted octanol–water partition coefficient (Wildman–Crippen LogP) is 5.63. The standard InChI is InChI=1S/C30H58N4P.ClH/c1-31(27-19-11-8-12-20-27)34(4)35(30-25-17-6-5-7-18-26-30,32(2)28-21-13-9-14-22-28)33(3)29-23-15-10-16-24-29;/h25,27-29H,5-24,26H2,1-4H3;1H/q+1;/p-1. The first-order valence-corrected chi connectivity index (χ1v) is 17.2. The van der Waals surface area contributed by atoms with Gasteiger partial charge in [0.05, 0.1) is 0 Å². The molecule has 0 heterocycles. The fourth-order valence-corrected chi connectivity index (χ4v) is 13.1. The van der Waals surface area contributed by atoms with E-state index in [0.717, 1.165) is 12.1 Å². The first-order chi connectivity index (χ1) is 17.1. The van der Waals surface area contributed by atoms with E-state index < -0.39 is 7.71 Å². The van der Waals surface area contributed by atoms with Gasteiger partial charge in [-0.3, -0.25) is 0 Å². The number of rotatable bonds is 8. The van der Waals surface area contributed by atoms with Crippen molar-refractivity contribution < 1.29 is 12.4 Å². The summed E-state index contributed by atoms with van der Waals surface area (Å²) in [6, 6.07) is 2.18. The molecule has 0 radical (unpaired) electrons. The zero-order valence-electron chi connectivity index (χ0n) is 24.3. The van der Waals surface area contributed by atoms with E-state index >= 15 is 0 Å². The van der Waals surface area contributed by atoms with Crippen LogP contribution >= 0.6 is 7.71 Å². The van der Waals surface area contributed by atoms with Gasteiger partial charge in [0.1, 0.15) is 5.31 Å². The molecular formula is C30H58ClN4P. The van der Waals surface area contributed by atoms with Gasteiger partial charge in [0.2, 0.25) is 0 Å². The largest absolute Gasteiger partial charge is 1.00 e. The van der Waals surface area contributed by atoms with Crippen LogP contribution in [-0.4, -0.2) is 65.4 Å². The molecule has 6 heteroatoms. The van der Waals surface area contributed by atoms with Crippen LogP contribution in [0.1, 0.15) is 135 Å². The van der Waals surface area contributed by atoms with Gasteiger partial charge in [-0.2, -0.15) is 0 Å². The van der Waals surface area contributed by atoms with Crippen molar-refractivity contribution in [3.05, 3.63) is 11.4 Å². The minimum absolute atomic E-state index is 0. The highest BCUT2D eigenvalue weighted by atomic mass is 35.5. The molecule has 0 N–H and O–H groups in total. The van der Waals surface area contributed by atoms with Gasteiger partial charge < -0.3 is 12.4 Å². The molecule has 210 valence electrons. The molecule has 0 bridgehead atoms. The van der Waals surface area contributed by atoms with Gasteiger partial charge in [0.15, 0.2) is 0 Å². The van der Waals surface area contributed by atoms with Crippen LogP contribution in [0.4, 0.5) is 0 Å². The Morgan fingerprint density at radius 2 is 0.972 bits per heavy atom. The SMILES string of the molecule is CN(C1CCCCC1)N(C)[P+](C1=CCCCCCC1)(N(C)C1CCCCC1)N(C)C1CCCCC1.[Cl-]. The highest BCUT2D eigenvalue weighted by molar-refractivity contribution is 7.73. The van der Waals surface area contributed by atoms with Gasteiger partial charge in [-0.25, -0.2) is 5.01 Å². The Hall–Kier alpha value is 0.300. The lowest BCUT2D eigenvalue weighted by molar-refractivity contribution is -0.00000803. The topological polar surface area (TPSA) is 13.0 Å². The summed E-state index contributed by atoms with van der Waals surface area (Å²) >= 11 is 0. The number of hydrogen-bond donors (Lipinski definition) is 0. The van der Waals surface area contributed by atoms with Crippen molar-refractivity contribution in [3.8, 4) is 0 Å². The molecule has 3 saturated carbocycles. The van der Waals surface area contributed by atoms with E-state index in [4.69, 9.17) is 0 Å². The lowest BCUT2D eigenvalue weighted by atomic mass is 9.95. The maximum absolute atomic E-state index is 3.01. The normalized spacial score (nSPS) is 24.6. The van der Waals surface area contributed by atoms with Crippen molar-refractivity contribution in [2.24, 2.45) is 0 Å². The third-order valence-corrected chi connectivity index (χ3v) is 14.9. The number of allylic oxidation sites excluding steroid dienone is 2. The summed E-state index contributed by atoms with van der Waals surface area (Å²) in [7, 11) is 8.23. The second-order valence-electron chi connectivity index (χ2n) is 12.3. The van der Waals surface area contributed by atoms with Crippen LogP contribution in [0.3, 0.4) is 0 Å². The number of nitrogens with zero attached hydrogens (tertiary/aromatic N) is 4. The summed E-state index contributed by atoms with van der Waals surface area (Å²) < 4.78 is 8.89. The maximum Gasteiger partial charge on any atom is 0.271 e.